The Morgan fingerprint density at radius 3 is 2.59 bits per heavy atom. The second kappa shape index (κ2) is 9.00. The molecular formula is C21H34N6. The van der Waals surface area contributed by atoms with E-state index in [0.29, 0.717) is 5.92 Å². The average molecular weight is 371 g/mol. The van der Waals surface area contributed by atoms with Gasteiger partial charge in [0.1, 0.15) is 5.82 Å². The summed E-state index contributed by atoms with van der Waals surface area (Å²) in [5.74, 6) is 3.82. The van der Waals surface area contributed by atoms with Crippen LogP contribution in [-0.2, 0) is 13.1 Å². The van der Waals surface area contributed by atoms with Gasteiger partial charge in [0.05, 0.1) is 12.9 Å². The van der Waals surface area contributed by atoms with Crippen LogP contribution in [0.5, 0.6) is 0 Å². The fourth-order valence-corrected chi connectivity index (χ4v) is 4.97. The van der Waals surface area contributed by atoms with Gasteiger partial charge in [-0.3, -0.25) is 0 Å². The lowest BCUT2D eigenvalue weighted by Crippen LogP contribution is -2.34. The summed E-state index contributed by atoms with van der Waals surface area (Å²) >= 11 is 0. The van der Waals surface area contributed by atoms with Crippen LogP contribution >= 0.6 is 0 Å². The molecule has 0 N–H and O–H groups in total. The van der Waals surface area contributed by atoms with E-state index in [1.807, 2.05) is 18.7 Å². The fourth-order valence-electron chi connectivity index (χ4n) is 4.97. The maximum Gasteiger partial charge on any atom is 0.153 e. The highest BCUT2D eigenvalue weighted by Gasteiger charge is 2.26. The Bertz CT molecular complexity index is 678. The van der Waals surface area contributed by atoms with E-state index in [-0.39, 0.29) is 0 Å². The maximum absolute atomic E-state index is 4.59. The van der Waals surface area contributed by atoms with Crippen LogP contribution in [0.15, 0.2) is 18.7 Å². The summed E-state index contributed by atoms with van der Waals surface area (Å²) in [6, 6.07) is 0. The molecule has 0 bridgehead atoms. The Hall–Kier alpha value is -1.69. The first-order chi connectivity index (χ1) is 13.3. The Kier molecular flexibility index (Phi) is 6.22. The number of nitrogens with zero attached hydrogens (tertiary/aromatic N) is 6. The summed E-state index contributed by atoms with van der Waals surface area (Å²) in [6.07, 6.45) is 16.8. The van der Waals surface area contributed by atoms with Crippen LogP contribution in [0, 0.1) is 5.92 Å². The Morgan fingerprint density at radius 2 is 1.89 bits per heavy atom. The molecule has 0 aromatic carbocycles. The van der Waals surface area contributed by atoms with Gasteiger partial charge in [-0.2, -0.15) is 0 Å². The molecule has 3 heterocycles. The van der Waals surface area contributed by atoms with Crippen LogP contribution in [0.25, 0.3) is 0 Å². The third kappa shape index (κ3) is 4.60. The van der Waals surface area contributed by atoms with Gasteiger partial charge in [0.2, 0.25) is 0 Å². The van der Waals surface area contributed by atoms with Crippen molar-refractivity contribution >= 4 is 0 Å². The summed E-state index contributed by atoms with van der Waals surface area (Å²) in [6.45, 7) is 7.60. The molecule has 6 nitrogen and oxygen atoms in total. The van der Waals surface area contributed by atoms with E-state index in [2.05, 4.69) is 36.1 Å². The van der Waals surface area contributed by atoms with Gasteiger partial charge in [0.15, 0.2) is 5.82 Å². The van der Waals surface area contributed by atoms with Crippen molar-refractivity contribution in [3.05, 3.63) is 30.4 Å². The lowest BCUT2D eigenvalue weighted by atomic mass is 9.95. The number of likely N-dealkylation sites (tertiary alicyclic amines) is 1. The Balaban J connectivity index is 1.28. The summed E-state index contributed by atoms with van der Waals surface area (Å²) in [4.78, 5) is 6.80. The molecule has 2 fully saturated rings. The van der Waals surface area contributed by atoms with E-state index in [9.17, 15) is 0 Å². The molecule has 0 unspecified atom stereocenters. The highest BCUT2D eigenvalue weighted by molar-refractivity contribution is 5.05. The van der Waals surface area contributed by atoms with Gasteiger partial charge in [0.25, 0.3) is 0 Å². The molecule has 2 aliphatic rings. The average Bonchev–Trinajstić information content (AvgIpc) is 3.45. The molecule has 1 aliphatic heterocycles. The van der Waals surface area contributed by atoms with Crippen molar-refractivity contribution in [2.75, 3.05) is 19.6 Å². The quantitative estimate of drug-likeness (QED) is 0.711. The standard InChI is InChI=1S/C21H34N6/c1-2-27-20(16-26-15-11-22-17-26)23-24-21(27)19-9-13-25(14-10-19)12-5-8-18-6-3-4-7-18/h11,15,17-19H,2-10,12-14,16H2,1H3. The second-order valence-electron chi connectivity index (χ2n) is 8.36. The van der Waals surface area contributed by atoms with Crippen molar-refractivity contribution in [3.63, 3.8) is 0 Å². The zero-order valence-electron chi connectivity index (χ0n) is 16.8. The molecule has 0 spiro atoms. The largest absolute Gasteiger partial charge is 0.330 e. The van der Waals surface area contributed by atoms with Crippen molar-refractivity contribution < 1.29 is 0 Å². The third-order valence-corrected chi connectivity index (χ3v) is 6.57. The summed E-state index contributed by atoms with van der Waals surface area (Å²) in [7, 11) is 0. The monoisotopic (exact) mass is 370 g/mol. The fraction of sp³-hybridized carbons (Fsp3) is 0.762. The van der Waals surface area contributed by atoms with Crippen LogP contribution in [0.4, 0.5) is 0 Å². The van der Waals surface area contributed by atoms with Crippen molar-refractivity contribution in [3.8, 4) is 0 Å². The predicted octanol–water partition coefficient (Wildman–Crippen LogP) is 3.69. The van der Waals surface area contributed by atoms with Crippen LogP contribution < -0.4 is 0 Å². The van der Waals surface area contributed by atoms with Crippen LogP contribution in [0.1, 0.15) is 75.9 Å². The van der Waals surface area contributed by atoms with Crippen LogP contribution in [0.2, 0.25) is 0 Å². The van der Waals surface area contributed by atoms with Crippen molar-refractivity contribution in [1.82, 2.24) is 29.2 Å². The number of aromatic nitrogens is 5. The van der Waals surface area contributed by atoms with Gasteiger partial charge in [-0.15, -0.1) is 10.2 Å². The highest BCUT2D eigenvalue weighted by atomic mass is 15.3. The maximum atomic E-state index is 4.59. The lowest BCUT2D eigenvalue weighted by molar-refractivity contribution is 0.200. The summed E-state index contributed by atoms with van der Waals surface area (Å²) < 4.78 is 4.38. The molecule has 148 valence electrons. The predicted molar refractivity (Wildman–Crippen MR) is 107 cm³/mol. The van der Waals surface area contributed by atoms with E-state index in [0.717, 1.165) is 24.8 Å². The topological polar surface area (TPSA) is 51.8 Å². The zero-order valence-corrected chi connectivity index (χ0v) is 16.8. The SMILES string of the molecule is CCn1c(Cn2ccnc2)nnc1C1CCN(CCCC2CCCC2)CC1. The van der Waals surface area contributed by atoms with E-state index < -0.39 is 0 Å². The van der Waals surface area contributed by atoms with E-state index >= 15 is 0 Å². The van der Waals surface area contributed by atoms with E-state index in [1.54, 1.807) is 0 Å². The molecule has 27 heavy (non-hydrogen) atoms. The van der Waals surface area contributed by atoms with E-state index in [4.69, 9.17) is 0 Å². The first-order valence-electron chi connectivity index (χ1n) is 10.9. The Labute approximate surface area is 163 Å². The molecule has 0 amide bonds. The number of rotatable bonds is 8. The molecule has 4 rings (SSSR count). The normalized spacial score (nSPS) is 19.9. The molecule has 6 heteroatoms. The minimum Gasteiger partial charge on any atom is -0.330 e. The van der Waals surface area contributed by atoms with Crippen molar-refractivity contribution in [2.24, 2.45) is 5.92 Å². The minimum atomic E-state index is 0.556. The van der Waals surface area contributed by atoms with E-state index in [1.165, 1.54) is 76.8 Å². The summed E-state index contributed by atoms with van der Waals surface area (Å²) in [5.41, 5.74) is 0. The third-order valence-electron chi connectivity index (χ3n) is 6.57. The first kappa shape index (κ1) is 18.7. The van der Waals surface area contributed by atoms with Crippen molar-refractivity contribution in [2.45, 2.75) is 77.3 Å². The smallest absolute Gasteiger partial charge is 0.153 e. The van der Waals surface area contributed by atoms with Gasteiger partial charge in [-0.25, -0.2) is 4.98 Å². The second-order valence-corrected chi connectivity index (χ2v) is 8.36. The molecule has 0 atom stereocenters. The summed E-state index contributed by atoms with van der Waals surface area (Å²) in [5, 5.41) is 9.09. The Morgan fingerprint density at radius 1 is 1.07 bits per heavy atom. The molecule has 2 aromatic rings. The number of imidazole rings is 1. The first-order valence-corrected chi connectivity index (χ1v) is 10.9. The molecule has 1 saturated carbocycles. The molecule has 0 radical (unpaired) electrons. The van der Waals surface area contributed by atoms with Gasteiger partial charge in [-0.05, 0) is 58.2 Å². The number of hydrogen-bond acceptors (Lipinski definition) is 4. The lowest BCUT2D eigenvalue weighted by Gasteiger charge is -2.31. The molecular weight excluding hydrogens is 336 g/mol. The molecule has 1 aliphatic carbocycles. The minimum absolute atomic E-state index is 0.556. The number of piperidine rings is 1. The molecule has 2 aromatic heterocycles. The number of hydrogen-bond donors (Lipinski definition) is 0. The zero-order chi connectivity index (χ0) is 18.5. The van der Waals surface area contributed by atoms with Crippen LogP contribution in [0.3, 0.4) is 0 Å². The highest BCUT2D eigenvalue weighted by Crippen LogP contribution is 2.30. The van der Waals surface area contributed by atoms with Gasteiger partial charge >= 0.3 is 0 Å². The molecule has 1 saturated heterocycles. The van der Waals surface area contributed by atoms with Gasteiger partial charge in [0, 0.05) is 24.9 Å². The van der Waals surface area contributed by atoms with Crippen LogP contribution in [-0.4, -0.2) is 48.8 Å². The van der Waals surface area contributed by atoms with Gasteiger partial charge < -0.3 is 14.0 Å². The van der Waals surface area contributed by atoms with Gasteiger partial charge in [-0.1, -0.05) is 25.7 Å². The van der Waals surface area contributed by atoms with Crippen molar-refractivity contribution in [1.29, 1.82) is 0 Å².